The number of nitrogens with one attached hydrogen (secondary N) is 1. The van der Waals surface area contributed by atoms with Crippen LogP contribution in [0.2, 0.25) is 0 Å². The van der Waals surface area contributed by atoms with Gasteiger partial charge in [0.1, 0.15) is 11.6 Å². The molecule has 25 heavy (non-hydrogen) atoms. The van der Waals surface area contributed by atoms with Gasteiger partial charge in [0.2, 0.25) is 0 Å². The van der Waals surface area contributed by atoms with Gasteiger partial charge in [-0.3, -0.25) is 4.79 Å². The molecule has 0 bridgehead atoms. The third-order valence-electron chi connectivity index (χ3n) is 6.25. The van der Waals surface area contributed by atoms with E-state index in [2.05, 4.69) is 17.5 Å². The normalized spacial score (nSPS) is 40.0. The molecule has 4 aliphatic rings. The van der Waals surface area contributed by atoms with E-state index in [1.165, 1.54) is 11.6 Å². The Balaban J connectivity index is 1.58. The van der Waals surface area contributed by atoms with Crippen molar-refractivity contribution in [3.63, 3.8) is 0 Å². The number of hydrogen-bond acceptors (Lipinski definition) is 3. The van der Waals surface area contributed by atoms with Gasteiger partial charge in [-0.2, -0.15) is 0 Å². The fourth-order valence-corrected chi connectivity index (χ4v) is 4.79. The van der Waals surface area contributed by atoms with Gasteiger partial charge >= 0.3 is 5.97 Å². The minimum Gasteiger partial charge on any atom is -0.493 e. The molecule has 0 spiro atoms. The summed E-state index contributed by atoms with van der Waals surface area (Å²) < 4.78 is 19.1. The lowest BCUT2D eigenvalue weighted by atomic mass is 9.68. The largest absolute Gasteiger partial charge is 0.493 e. The van der Waals surface area contributed by atoms with Gasteiger partial charge in [-0.1, -0.05) is 19.1 Å². The van der Waals surface area contributed by atoms with E-state index in [4.69, 9.17) is 4.74 Å². The Bertz CT molecular complexity index is 708. The molecule has 2 saturated heterocycles. The molecule has 2 N–H and O–H groups in total. The number of rotatable bonds is 3. The van der Waals surface area contributed by atoms with Crippen molar-refractivity contribution in [1.82, 2.24) is 5.32 Å². The molecule has 5 heteroatoms. The van der Waals surface area contributed by atoms with Crippen LogP contribution in [0.25, 0.3) is 0 Å². The van der Waals surface area contributed by atoms with Gasteiger partial charge in [-0.15, -0.1) is 0 Å². The zero-order chi connectivity index (χ0) is 17.6. The molecule has 0 saturated carbocycles. The summed E-state index contributed by atoms with van der Waals surface area (Å²) in [6.07, 6.45) is 11.5. The van der Waals surface area contributed by atoms with Crippen LogP contribution in [0, 0.1) is 23.2 Å². The van der Waals surface area contributed by atoms with Gasteiger partial charge in [0.25, 0.3) is 0 Å². The van der Waals surface area contributed by atoms with Gasteiger partial charge in [-0.25, -0.2) is 4.39 Å². The topological polar surface area (TPSA) is 58.6 Å². The van der Waals surface area contributed by atoms with Crippen molar-refractivity contribution in [3.8, 4) is 0 Å². The van der Waals surface area contributed by atoms with Crippen molar-refractivity contribution in [2.24, 2.45) is 23.2 Å². The average Bonchev–Trinajstić information content (AvgIpc) is 3.23. The second-order valence-corrected chi connectivity index (χ2v) is 7.80. The molecule has 0 aromatic carbocycles. The number of carboxylic acid groups (broad SMARTS) is 1. The summed E-state index contributed by atoms with van der Waals surface area (Å²) >= 11 is 0. The molecular formula is C20H24FNO3. The number of ether oxygens (including phenoxy) is 1. The summed E-state index contributed by atoms with van der Waals surface area (Å²) in [6.45, 7) is 3.40. The van der Waals surface area contributed by atoms with Crippen LogP contribution >= 0.6 is 0 Å². The van der Waals surface area contributed by atoms with Gasteiger partial charge in [0.05, 0.1) is 12.5 Å². The van der Waals surface area contributed by atoms with Crippen molar-refractivity contribution >= 4 is 5.97 Å². The fraction of sp³-hybridized carbons (Fsp3) is 0.550. The first-order valence-electron chi connectivity index (χ1n) is 9.03. The number of hydrogen-bond donors (Lipinski definition) is 2. The van der Waals surface area contributed by atoms with Crippen LogP contribution in [0.5, 0.6) is 0 Å². The predicted octanol–water partition coefficient (Wildman–Crippen LogP) is 3.35. The van der Waals surface area contributed by atoms with Crippen LogP contribution in [-0.4, -0.2) is 30.3 Å². The van der Waals surface area contributed by atoms with E-state index >= 15 is 0 Å². The highest BCUT2D eigenvalue weighted by Gasteiger charge is 2.50. The van der Waals surface area contributed by atoms with E-state index in [0.29, 0.717) is 13.0 Å². The Morgan fingerprint density at radius 3 is 3.00 bits per heavy atom. The highest BCUT2D eigenvalue weighted by Crippen LogP contribution is 2.45. The second kappa shape index (κ2) is 6.13. The smallest absolute Gasteiger partial charge is 0.308 e. The number of allylic oxidation sites excluding steroid dienone is 6. The molecule has 0 aromatic rings. The lowest BCUT2D eigenvalue weighted by molar-refractivity contribution is -0.144. The van der Waals surface area contributed by atoms with E-state index in [-0.39, 0.29) is 29.1 Å². The summed E-state index contributed by atoms with van der Waals surface area (Å²) in [7, 11) is 0. The van der Waals surface area contributed by atoms with Crippen LogP contribution in [0.3, 0.4) is 0 Å². The molecule has 0 amide bonds. The summed E-state index contributed by atoms with van der Waals surface area (Å²) in [6, 6.07) is -0.205. The fourth-order valence-electron chi connectivity index (χ4n) is 4.79. The molecule has 134 valence electrons. The van der Waals surface area contributed by atoms with Crippen molar-refractivity contribution < 1.29 is 19.0 Å². The molecule has 0 aromatic heterocycles. The van der Waals surface area contributed by atoms with Crippen LogP contribution in [0.4, 0.5) is 4.39 Å². The maximum atomic E-state index is 13.4. The molecule has 2 aliphatic heterocycles. The highest BCUT2D eigenvalue weighted by molar-refractivity contribution is 5.72. The molecule has 2 fully saturated rings. The molecule has 2 aliphatic carbocycles. The lowest BCUT2D eigenvalue weighted by Crippen LogP contribution is -2.45. The Kier molecular flexibility index (Phi) is 4.07. The molecule has 4 nitrogen and oxygen atoms in total. The minimum absolute atomic E-state index is 0.0120. The Morgan fingerprint density at radius 1 is 1.44 bits per heavy atom. The SMILES string of the molecule is CC1([C@H]2NCC(C3C=C4OCCC4=CC3)[C@H]2C(=O)O)C=CC(F)=CC1. The van der Waals surface area contributed by atoms with Crippen LogP contribution in [-0.2, 0) is 9.53 Å². The van der Waals surface area contributed by atoms with Gasteiger partial charge in [0, 0.05) is 17.9 Å². The van der Waals surface area contributed by atoms with E-state index in [9.17, 15) is 14.3 Å². The molecule has 0 radical (unpaired) electrons. The van der Waals surface area contributed by atoms with Crippen LogP contribution < -0.4 is 5.32 Å². The molecule has 3 unspecified atom stereocenters. The van der Waals surface area contributed by atoms with Crippen molar-refractivity contribution in [3.05, 3.63) is 47.5 Å². The van der Waals surface area contributed by atoms with E-state index in [1.807, 2.05) is 13.0 Å². The number of aliphatic carboxylic acids is 1. The number of halogens is 1. The number of carbonyl (C=O) groups is 1. The Labute approximate surface area is 147 Å². The third kappa shape index (κ3) is 2.84. The molecular weight excluding hydrogens is 321 g/mol. The standard InChI is InChI=1S/C20H24FNO3/c1-20(7-4-14(21)5-8-20)18-17(19(23)24)15(11-22-18)13-3-2-12-6-9-25-16(12)10-13/h2,4-5,7,10,13,15,17-18,22H,3,6,8-9,11H2,1H3,(H,23,24)/t13?,15?,17-,18+,20?/m1/s1. The van der Waals surface area contributed by atoms with E-state index in [1.54, 1.807) is 6.08 Å². The van der Waals surface area contributed by atoms with Crippen molar-refractivity contribution in [2.75, 3.05) is 13.2 Å². The van der Waals surface area contributed by atoms with Crippen molar-refractivity contribution in [2.45, 2.75) is 32.2 Å². The first kappa shape index (κ1) is 16.6. The lowest BCUT2D eigenvalue weighted by Gasteiger charge is -2.37. The van der Waals surface area contributed by atoms with E-state index in [0.717, 1.165) is 25.2 Å². The predicted molar refractivity (Wildman–Crippen MR) is 92.3 cm³/mol. The van der Waals surface area contributed by atoms with Gasteiger partial charge in [-0.05, 0) is 55.0 Å². The zero-order valence-electron chi connectivity index (χ0n) is 14.4. The number of fused-ring (bicyclic) bond motifs is 1. The molecule has 5 atom stereocenters. The number of carboxylic acids is 1. The van der Waals surface area contributed by atoms with Gasteiger partial charge in [0.15, 0.2) is 0 Å². The summed E-state index contributed by atoms with van der Waals surface area (Å²) in [5, 5.41) is 13.4. The maximum Gasteiger partial charge on any atom is 0.308 e. The molecule has 2 heterocycles. The minimum atomic E-state index is -0.773. The first-order valence-corrected chi connectivity index (χ1v) is 9.03. The quantitative estimate of drug-likeness (QED) is 0.824. The van der Waals surface area contributed by atoms with E-state index < -0.39 is 11.9 Å². The first-order chi connectivity index (χ1) is 12.0. The van der Waals surface area contributed by atoms with Crippen molar-refractivity contribution in [1.29, 1.82) is 0 Å². The van der Waals surface area contributed by atoms with Crippen LogP contribution in [0.1, 0.15) is 26.2 Å². The Morgan fingerprint density at radius 2 is 2.28 bits per heavy atom. The highest BCUT2D eigenvalue weighted by atomic mass is 19.1. The maximum absolute atomic E-state index is 13.4. The second-order valence-electron chi connectivity index (χ2n) is 7.80. The van der Waals surface area contributed by atoms with Crippen LogP contribution in [0.15, 0.2) is 47.5 Å². The summed E-state index contributed by atoms with van der Waals surface area (Å²) in [5.41, 5.74) is 0.869. The monoisotopic (exact) mass is 345 g/mol. The van der Waals surface area contributed by atoms with Gasteiger partial charge < -0.3 is 15.2 Å². The average molecular weight is 345 g/mol. The zero-order valence-corrected chi connectivity index (χ0v) is 14.4. The summed E-state index contributed by atoms with van der Waals surface area (Å²) in [4.78, 5) is 12.1. The Hall–Kier alpha value is -1.88. The molecule has 4 rings (SSSR count). The summed E-state index contributed by atoms with van der Waals surface area (Å²) in [5.74, 6) is -0.394. The third-order valence-corrected chi connectivity index (χ3v) is 6.25.